The van der Waals surface area contributed by atoms with Gasteiger partial charge in [0.2, 0.25) is 0 Å². The summed E-state index contributed by atoms with van der Waals surface area (Å²) in [4.78, 5) is 19.9. The van der Waals surface area contributed by atoms with Gasteiger partial charge in [-0.3, -0.25) is 4.90 Å². The van der Waals surface area contributed by atoms with Crippen LogP contribution >= 0.6 is 11.6 Å². The number of carbonyl (C=O) groups is 1. The lowest BCUT2D eigenvalue weighted by Crippen LogP contribution is -2.62. The van der Waals surface area contributed by atoms with Gasteiger partial charge in [0.1, 0.15) is 5.82 Å². The molecule has 0 aromatic carbocycles. The van der Waals surface area contributed by atoms with Gasteiger partial charge in [0, 0.05) is 25.2 Å². The predicted molar refractivity (Wildman–Crippen MR) is 82.2 cm³/mol. The Bertz CT molecular complexity index is 546. The first-order valence-corrected chi connectivity index (χ1v) is 7.84. The van der Waals surface area contributed by atoms with E-state index >= 15 is 0 Å². The molecule has 0 saturated carbocycles. The molecule has 3 heterocycles. The van der Waals surface area contributed by atoms with Gasteiger partial charge in [-0.05, 0) is 38.4 Å². The zero-order valence-corrected chi connectivity index (χ0v) is 12.9. The van der Waals surface area contributed by atoms with Crippen LogP contribution in [-0.2, 0) is 0 Å². The first kappa shape index (κ1) is 14.6. The summed E-state index contributed by atoms with van der Waals surface area (Å²) < 4.78 is 0. The Morgan fingerprint density at radius 1 is 1.38 bits per heavy atom. The quantitative estimate of drug-likeness (QED) is 0.929. The zero-order chi connectivity index (χ0) is 15.0. The standard InChI is InChI=1S/C15H20ClN3O2/c1-10-4-2-3-7-19(10)11-8-18(9-11)13-6-5-12(16)14(17-13)15(20)21/h5-6,10-11H,2-4,7-9H2,1H3,(H,20,21). The molecule has 21 heavy (non-hydrogen) atoms. The second kappa shape index (κ2) is 5.81. The van der Waals surface area contributed by atoms with Crippen molar-refractivity contribution in [2.75, 3.05) is 24.5 Å². The SMILES string of the molecule is CC1CCCCN1C1CN(c2ccc(Cl)c(C(=O)O)n2)C1. The lowest BCUT2D eigenvalue weighted by molar-refractivity contribution is 0.0690. The average molecular weight is 310 g/mol. The molecule has 0 bridgehead atoms. The molecule has 2 aliphatic rings. The van der Waals surface area contributed by atoms with Gasteiger partial charge in [-0.25, -0.2) is 9.78 Å². The highest BCUT2D eigenvalue weighted by Crippen LogP contribution is 2.28. The fraction of sp³-hybridized carbons (Fsp3) is 0.600. The van der Waals surface area contributed by atoms with E-state index in [0.717, 1.165) is 13.1 Å². The highest BCUT2D eigenvalue weighted by Gasteiger charge is 2.35. The van der Waals surface area contributed by atoms with Crippen LogP contribution in [0.1, 0.15) is 36.7 Å². The molecule has 1 unspecified atom stereocenters. The minimum Gasteiger partial charge on any atom is -0.476 e. The third-order valence-corrected chi connectivity index (χ3v) is 4.85. The first-order chi connectivity index (χ1) is 10.1. The number of anilines is 1. The smallest absolute Gasteiger partial charge is 0.356 e. The summed E-state index contributed by atoms with van der Waals surface area (Å²) in [6, 6.07) is 4.62. The Kier molecular flexibility index (Phi) is 4.04. The second-order valence-corrected chi connectivity index (χ2v) is 6.35. The van der Waals surface area contributed by atoms with Gasteiger partial charge < -0.3 is 10.0 Å². The van der Waals surface area contributed by atoms with Crippen LogP contribution < -0.4 is 4.90 Å². The molecule has 5 nitrogen and oxygen atoms in total. The minimum absolute atomic E-state index is 0.0658. The number of nitrogens with zero attached hydrogens (tertiary/aromatic N) is 3. The Morgan fingerprint density at radius 2 is 2.14 bits per heavy atom. The molecule has 1 aromatic rings. The fourth-order valence-electron chi connectivity index (χ4n) is 3.27. The van der Waals surface area contributed by atoms with Crippen molar-refractivity contribution >= 4 is 23.4 Å². The number of carboxylic acid groups (broad SMARTS) is 1. The van der Waals surface area contributed by atoms with E-state index in [1.54, 1.807) is 12.1 Å². The number of halogens is 1. The van der Waals surface area contributed by atoms with E-state index in [9.17, 15) is 4.79 Å². The Balaban J connectivity index is 1.66. The van der Waals surface area contributed by atoms with Crippen LogP contribution in [0.25, 0.3) is 0 Å². The molecule has 2 fully saturated rings. The Morgan fingerprint density at radius 3 is 2.81 bits per heavy atom. The molecule has 1 N–H and O–H groups in total. The molecule has 0 radical (unpaired) electrons. The molecule has 2 aliphatic heterocycles. The number of hydrogen-bond acceptors (Lipinski definition) is 4. The molecule has 0 amide bonds. The van der Waals surface area contributed by atoms with Crippen LogP contribution in [0.3, 0.4) is 0 Å². The topological polar surface area (TPSA) is 56.7 Å². The number of pyridine rings is 1. The molecule has 3 rings (SSSR count). The lowest BCUT2D eigenvalue weighted by atomic mass is 9.97. The van der Waals surface area contributed by atoms with Crippen molar-refractivity contribution in [3.05, 3.63) is 22.8 Å². The largest absolute Gasteiger partial charge is 0.476 e. The van der Waals surface area contributed by atoms with Crippen LogP contribution in [0.2, 0.25) is 5.02 Å². The van der Waals surface area contributed by atoms with Crippen molar-refractivity contribution in [2.24, 2.45) is 0 Å². The van der Waals surface area contributed by atoms with Crippen LogP contribution in [-0.4, -0.2) is 52.7 Å². The van der Waals surface area contributed by atoms with Crippen molar-refractivity contribution in [1.82, 2.24) is 9.88 Å². The lowest BCUT2D eigenvalue weighted by Gasteiger charge is -2.49. The van der Waals surface area contributed by atoms with Crippen molar-refractivity contribution in [2.45, 2.75) is 38.3 Å². The summed E-state index contributed by atoms with van der Waals surface area (Å²) in [6.07, 6.45) is 3.89. The van der Waals surface area contributed by atoms with Crippen LogP contribution in [0, 0.1) is 0 Å². The molecule has 2 saturated heterocycles. The van der Waals surface area contributed by atoms with Gasteiger partial charge in [0.15, 0.2) is 5.69 Å². The summed E-state index contributed by atoms with van der Waals surface area (Å²) in [5.41, 5.74) is -0.0658. The predicted octanol–water partition coefficient (Wildman–Crippen LogP) is 2.50. The molecular weight excluding hydrogens is 290 g/mol. The summed E-state index contributed by atoms with van der Waals surface area (Å²) in [5.74, 6) is -0.374. The third kappa shape index (κ3) is 2.85. The van der Waals surface area contributed by atoms with Gasteiger partial charge >= 0.3 is 5.97 Å². The summed E-state index contributed by atoms with van der Waals surface area (Å²) in [5, 5.41) is 9.27. The number of piperidine rings is 1. The average Bonchev–Trinajstić information content (AvgIpc) is 2.40. The van der Waals surface area contributed by atoms with Gasteiger partial charge in [-0.2, -0.15) is 0 Å². The van der Waals surface area contributed by atoms with E-state index in [4.69, 9.17) is 16.7 Å². The monoisotopic (exact) mass is 309 g/mol. The van der Waals surface area contributed by atoms with Crippen molar-refractivity contribution in [1.29, 1.82) is 0 Å². The number of rotatable bonds is 3. The van der Waals surface area contributed by atoms with Crippen LogP contribution in [0.15, 0.2) is 12.1 Å². The molecule has 1 aromatic heterocycles. The van der Waals surface area contributed by atoms with E-state index < -0.39 is 5.97 Å². The van der Waals surface area contributed by atoms with E-state index in [0.29, 0.717) is 17.9 Å². The van der Waals surface area contributed by atoms with Gasteiger partial charge in [0.05, 0.1) is 5.02 Å². The third-order valence-electron chi connectivity index (χ3n) is 4.54. The number of aromatic carboxylic acids is 1. The second-order valence-electron chi connectivity index (χ2n) is 5.95. The normalized spacial score (nSPS) is 23.9. The molecule has 114 valence electrons. The molecule has 6 heteroatoms. The van der Waals surface area contributed by atoms with E-state index in [-0.39, 0.29) is 10.7 Å². The van der Waals surface area contributed by atoms with E-state index in [1.165, 1.54) is 25.8 Å². The Hall–Kier alpha value is -1.33. The summed E-state index contributed by atoms with van der Waals surface area (Å²) in [6.45, 7) is 5.30. The number of hydrogen-bond donors (Lipinski definition) is 1. The zero-order valence-electron chi connectivity index (χ0n) is 12.1. The highest BCUT2D eigenvalue weighted by atomic mass is 35.5. The maximum absolute atomic E-state index is 11.1. The van der Waals surface area contributed by atoms with Crippen molar-refractivity contribution in [3.8, 4) is 0 Å². The van der Waals surface area contributed by atoms with Gasteiger partial charge in [-0.15, -0.1) is 0 Å². The Labute approximate surface area is 129 Å². The molecule has 0 aliphatic carbocycles. The first-order valence-electron chi connectivity index (χ1n) is 7.47. The molecular formula is C15H20ClN3O2. The minimum atomic E-state index is -1.08. The summed E-state index contributed by atoms with van der Waals surface area (Å²) >= 11 is 5.86. The van der Waals surface area contributed by atoms with E-state index in [2.05, 4.69) is 21.7 Å². The van der Waals surface area contributed by atoms with Crippen molar-refractivity contribution in [3.63, 3.8) is 0 Å². The van der Waals surface area contributed by atoms with Crippen molar-refractivity contribution < 1.29 is 9.90 Å². The maximum Gasteiger partial charge on any atom is 0.356 e. The van der Waals surface area contributed by atoms with Gasteiger partial charge in [0.25, 0.3) is 0 Å². The maximum atomic E-state index is 11.1. The molecule has 1 atom stereocenters. The number of carboxylic acids is 1. The van der Waals surface area contributed by atoms with E-state index in [1.807, 2.05) is 0 Å². The highest BCUT2D eigenvalue weighted by molar-refractivity contribution is 6.33. The van der Waals surface area contributed by atoms with Gasteiger partial charge in [-0.1, -0.05) is 18.0 Å². The number of likely N-dealkylation sites (tertiary alicyclic amines) is 1. The fourth-order valence-corrected chi connectivity index (χ4v) is 3.46. The number of aromatic nitrogens is 1. The molecule has 0 spiro atoms. The van der Waals surface area contributed by atoms with Crippen LogP contribution in [0.4, 0.5) is 5.82 Å². The summed E-state index contributed by atoms with van der Waals surface area (Å²) in [7, 11) is 0. The van der Waals surface area contributed by atoms with Crippen LogP contribution in [0.5, 0.6) is 0 Å².